The maximum absolute atomic E-state index is 12.4. The van der Waals surface area contributed by atoms with Crippen molar-refractivity contribution >= 4 is 21.6 Å². The standard InChI is InChI=1S/C19H22N2O5S/c1-14-5-3-4-6-15(14)12-21(27(2,23)24)13-19(22)20-16-7-8-17-18(11-16)26-10-9-25-17/h3-8,11H,9-10,12-13H2,1-2H3,(H,20,22). The van der Waals surface area contributed by atoms with E-state index in [0.717, 1.165) is 21.7 Å². The van der Waals surface area contributed by atoms with Crippen molar-refractivity contribution in [3.63, 3.8) is 0 Å². The average Bonchev–Trinajstić information content (AvgIpc) is 2.62. The summed E-state index contributed by atoms with van der Waals surface area (Å²) < 4.78 is 36.4. The van der Waals surface area contributed by atoms with Crippen molar-refractivity contribution in [2.24, 2.45) is 0 Å². The van der Waals surface area contributed by atoms with Crippen molar-refractivity contribution in [2.45, 2.75) is 13.5 Å². The van der Waals surface area contributed by atoms with Crippen LogP contribution >= 0.6 is 0 Å². The smallest absolute Gasteiger partial charge is 0.239 e. The molecule has 0 aromatic heterocycles. The van der Waals surface area contributed by atoms with Crippen LogP contribution in [0.15, 0.2) is 42.5 Å². The molecule has 3 rings (SSSR count). The van der Waals surface area contributed by atoms with Crippen molar-refractivity contribution in [1.82, 2.24) is 4.31 Å². The fourth-order valence-electron chi connectivity index (χ4n) is 2.75. The molecular weight excluding hydrogens is 368 g/mol. The molecule has 0 saturated heterocycles. The number of amides is 1. The number of sulfonamides is 1. The Morgan fingerprint density at radius 3 is 2.52 bits per heavy atom. The molecule has 0 radical (unpaired) electrons. The molecule has 0 fully saturated rings. The van der Waals surface area contributed by atoms with E-state index in [9.17, 15) is 13.2 Å². The minimum absolute atomic E-state index is 0.139. The van der Waals surface area contributed by atoms with E-state index in [1.165, 1.54) is 0 Å². The number of rotatable bonds is 6. The van der Waals surface area contributed by atoms with Crippen LogP contribution in [0.4, 0.5) is 5.69 Å². The second-order valence-electron chi connectivity index (χ2n) is 6.36. The predicted octanol–water partition coefficient (Wildman–Crippen LogP) is 2.17. The Bertz CT molecular complexity index is 943. The molecule has 2 aromatic carbocycles. The molecule has 1 N–H and O–H groups in total. The second-order valence-corrected chi connectivity index (χ2v) is 8.35. The van der Waals surface area contributed by atoms with Crippen molar-refractivity contribution in [3.05, 3.63) is 53.6 Å². The van der Waals surface area contributed by atoms with Crippen LogP contribution in [-0.2, 0) is 21.4 Å². The van der Waals surface area contributed by atoms with E-state index < -0.39 is 15.9 Å². The van der Waals surface area contributed by atoms with E-state index in [4.69, 9.17) is 9.47 Å². The molecule has 1 amide bonds. The molecular formula is C19H22N2O5S. The molecule has 144 valence electrons. The van der Waals surface area contributed by atoms with Crippen LogP contribution in [0.2, 0.25) is 0 Å². The highest BCUT2D eigenvalue weighted by Gasteiger charge is 2.21. The average molecular weight is 390 g/mol. The monoisotopic (exact) mass is 390 g/mol. The van der Waals surface area contributed by atoms with Gasteiger partial charge in [-0.15, -0.1) is 0 Å². The van der Waals surface area contributed by atoms with E-state index in [-0.39, 0.29) is 13.1 Å². The summed E-state index contributed by atoms with van der Waals surface area (Å²) in [4.78, 5) is 12.4. The van der Waals surface area contributed by atoms with Gasteiger partial charge in [0.15, 0.2) is 11.5 Å². The molecule has 27 heavy (non-hydrogen) atoms. The molecule has 0 atom stereocenters. The molecule has 7 nitrogen and oxygen atoms in total. The van der Waals surface area contributed by atoms with Gasteiger partial charge in [-0.2, -0.15) is 4.31 Å². The number of carbonyl (C=O) groups excluding carboxylic acids is 1. The van der Waals surface area contributed by atoms with Gasteiger partial charge in [-0.05, 0) is 30.2 Å². The fourth-order valence-corrected chi connectivity index (χ4v) is 3.48. The zero-order valence-corrected chi connectivity index (χ0v) is 16.1. The Balaban J connectivity index is 1.70. The highest BCUT2D eigenvalue weighted by atomic mass is 32.2. The Labute approximate surface area is 158 Å². The van der Waals surface area contributed by atoms with Crippen LogP contribution in [0.3, 0.4) is 0 Å². The number of anilines is 1. The number of carbonyl (C=O) groups is 1. The van der Waals surface area contributed by atoms with Crippen LogP contribution < -0.4 is 14.8 Å². The largest absolute Gasteiger partial charge is 0.486 e. The van der Waals surface area contributed by atoms with E-state index in [1.807, 2.05) is 31.2 Å². The quantitative estimate of drug-likeness (QED) is 0.817. The van der Waals surface area contributed by atoms with Crippen LogP contribution in [0.25, 0.3) is 0 Å². The highest BCUT2D eigenvalue weighted by molar-refractivity contribution is 7.88. The summed E-state index contributed by atoms with van der Waals surface area (Å²) in [6, 6.07) is 12.6. The number of ether oxygens (including phenoxy) is 2. The summed E-state index contributed by atoms with van der Waals surface area (Å²) in [6.45, 7) is 2.70. The maximum Gasteiger partial charge on any atom is 0.239 e. The zero-order chi connectivity index (χ0) is 19.4. The molecule has 0 saturated carbocycles. The van der Waals surface area contributed by atoms with Gasteiger partial charge in [0.05, 0.1) is 12.8 Å². The fraction of sp³-hybridized carbons (Fsp3) is 0.316. The summed E-state index contributed by atoms with van der Waals surface area (Å²) in [5.41, 5.74) is 2.35. The van der Waals surface area contributed by atoms with E-state index in [1.54, 1.807) is 18.2 Å². The number of nitrogens with one attached hydrogen (secondary N) is 1. The van der Waals surface area contributed by atoms with Gasteiger partial charge in [-0.3, -0.25) is 4.79 Å². The van der Waals surface area contributed by atoms with E-state index >= 15 is 0 Å². The molecule has 0 bridgehead atoms. The number of hydrogen-bond acceptors (Lipinski definition) is 5. The van der Waals surface area contributed by atoms with Gasteiger partial charge in [0, 0.05) is 18.3 Å². The molecule has 8 heteroatoms. The van der Waals surface area contributed by atoms with Crippen molar-refractivity contribution < 1.29 is 22.7 Å². The van der Waals surface area contributed by atoms with Crippen molar-refractivity contribution in [1.29, 1.82) is 0 Å². The second kappa shape index (κ2) is 7.98. The lowest BCUT2D eigenvalue weighted by atomic mass is 10.1. The topological polar surface area (TPSA) is 84.9 Å². The summed E-state index contributed by atoms with van der Waals surface area (Å²) in [5.74, 6) is 0.751. The molecule has 0 spiro atoms. The molecule has 1 aliphatic rings. The summed E-state index contributed by atoms with van der Waals surface area (Å²) in [5, 5.41) is 2.71. The first kappa shape index (κ1) is 19.2. The summed E-state index contributed by atoms with van der Waals surface area (Å²) in [7, 11) is -3.55. The number of aryl methyl sites for hydroxylation is 1. The Hall–Kier alpha value is -2.58. The first-order valence-electron chi connectivity index (χ1n) is 8.52. The molecule has 0 unspecified atom stereocenters. The first-order valence-corrected chi connectivity index (χ1v) is 10.4. The Morgan fingerprint density at radius 2 is 1.81 bits per heavy atom. The van der Waals surface area contributed by atoms with Crippen LogP contribution in [0.1, 0.15) is 11.1 Å². The first-order chi connectivity index (χ1) is 12.8. The van der Waals surface area contributed by atoms with Gasteiger partial charge in [0.1, 0.15) is 13.2 Å². The number of hydrogen-bond donors (Lipinski definition) is 1. The number of nitrogens with zero attached hydrogens (tertiary/aromatic N) is 1. The van der Waals surface area contributed by atoms with Gasteiger partial charge in [0.25, 0.3) is 0 Å². The summed E-state index contributed by atoms with van der Waals surface area (Å²) in [6.07, 6.45) is 1.10. The van der Waals surface area contributed by atoms with Gasteiger partial charge >= 0.3 is 0 Å². The van der Waals surface area contributed by atoms with E-state index in [0.29, 0.717) is 30.4 Å². The normalized spacial score (nSPS) is 13.4. The molecule has 2 aromatic rings. The number of benzene rings is 2. The van der Waals surface area contributed by atoms with Gasteiger partial charge < -0.3 is 14.8 Å². The van der Waals surface area contributed by atoms with E-state index in [2.05, 4.69) is 5.32 Å². The van der Waals surface area contributed by atoms with Crippen LogP contribution in [-0.4, -0.2) is 44.6 Å². The molecule has 1 aliphatic heterocycles. The minimum atomic E-state index is -3.55. The SMILES string of the molecule is Cc1ccccc1CN(CC(=O)Nc1ccc2c(c1)OCCO2)S(C)(=O)=O. The third-order valence-corrected chi connectivity index (χ3v) is 5.42. The maximum atomic E-state index is 12.4. The highest BCUT2D eigenvalue weighted by Crippen LogP contribution is 2.32. The third kappa shape index (κ3) is 4.99. The minimum Gasteiger partial charge on any atom is -0.486 e. The van der Waals surface area contributed by atoms with Crippen LogP contribution in [0, 0.1) is 6.92 Å². The Morgan fingerprint density at radius 1 is 1.11 bits per heavy atom. The zero-order valence-electron chi connectivity index (χ0n) is 15.3. The number of fused-ring (bicyclic) bond motifs is 1. The van der Waals surface area contributed by atoms with Crippen molar-refractivity contribution in [3.8, 4) is 11.5 Å². The van der Waals surface area contributed by atoms with Gasteiger partial charge in [0.2, 0.25) is 15.9 Å². The lowest BCUT2D eigenvalue weighted by Crippen LogP contribution is -2.37. The molecule has 1 heterocycles. The Kier molecular flexibility index (Phi) is 5.67. The van der Waals surface area contributed by atoms with Gasteiger partial charge in [-0.1, -0.05) is 24.3 Å². The van der Waals surface area contributed by atoms with Crippen molar-refractivity contribution in [2.75, 3.05) is 31.3 Å². The third-order valence-electron chi connectivity index (χ3n) is 4.22. The lowest BCUT2D eigenvalue weighted by Gasteiger charge is -2.21. The summed E-state index contributed by atoms with van der Waals surface area (Å²) >= 11 is 0. The molecule has 0 aliphatic carbocycles. The van der Waals surface area contributed by atoms with Crippen LogP contribution in [0.5, 0.6) is 11.5 Å². The van der Waals surface area contributed by atoms with Gasteiger partial charge in [-0.25, -0.2) is 8.42 Å². The lowest BCUT2D eigenvalue weighted by molar-refractivity contribution is -0.116. The predicted molar refractivity (Wildman–Crippen MR) is 102 cm³/mol.